The third kappa shape index (κ3) is 3.80. The zero-order valence-electron chi connectivity index (χ0n) is 16.1. The minimum Gasteiger partial charge on any atom is -0.331 e. The van der Waals surface area contributed by atoms with Crippen molar-refractivity contribution in [2.24, 2.45) is 0 Å². The van der Waals surface area contributed by atoms with E-state index in [1.54, 1.807) is 47.7 Å². The summed E-state index contributed by atoms with van der Waals surface area (Å²) in [7, 11) is -2.24. The molecule has 2 aromatic carbocycles. The lowest BCUT2D eigenvalue weighted by atomic mass is 10.1. The van der Waals surface area contributed by atoms with Gasteiger partial charge in [-0.3, -0.25) is 9.10 Å². The Bertz CT molecular complexity index is 1100. The molecule has 5 nitrogen and oxygen atoms in total. The van der Waals surface area contributed by atoms with Crippen molar-refractivity contribution in [2.75, 3.05) is 17.9 Å². The van der Waals surface area contributed by atoms with Gasteiger partial charge < -0.3 is 4.90 Å². The molecule has 7 heteroatoms. The number of carbonyl (C=O) groups is 1. The number of carbonyl (C=O) groups excluding carboxylic acids is 1. The van der Waals surface area contributed by atoms with Gasteiger partial charge in [0.25, 0.3) is 15.9 Å². The number of para-hydroxylation sites is 1. The van der Waals surface area contributed by atoms with Crippen LogP contribution in [0.3, 0.4) is 0 Å². The second-order valence-corrected chi connectivity index (χ2v) is 9.96. The molecule has 0 bridgehead atoms. The fourth-order valence-corrected chi connectivity index (χ4v) is 5.79. The Morgan fingerprint density at radius 3 is 2.59 bits per heavy atom. The second-order valence-electron chi connectivity index (χ2n) is 7.01. The summed E-state index contributed by atoms with van der Waals surface area (Å²) in [6.45, 7) is 0.683. The molecule has 1 unspecified atom stereocenters. The van der Waals surface area contributed by atoms with E-state index in [4.69, 9.17) is 0 Å². The van der Waals surface area contributed by atoms with Crippen molar-refractivity contribution in [1.29, 1.82) is 0 Å². The van der Waals surface area contributed by atoms with Gasteiger partial charge in [-0.1, -0.05) is 30.3 Å². The largest absolute Gasteiger partial charge is 0.331 e. The van der Waals surface area contributed by atoms with Gasteiger partial charge in [0, 0.05) is 24.0 Å². The van der Waals surface area contributed by atoms with Crippen molar-refractivity contribution >= 4 is 33.0 Å². The summed E-state index contributed by atoms with van der Waals surface area (Å²) in [5, 5.41) is 2.02. The molecule has 0 saturated carbocycles. The van der Waals surface area contributed by atoms with E-state index in [1.807, 2.05) is 22.4 Å². The number of rotatable bonds is 5. The molecule has 1 atom stereocenters. The van der Waals surface area contributed by atoms with Crippen LogP contribution in [-0.4, -0.2) is 32.8 Å². The topological polar surface area (TPSA) is 57.7 Å². The van der Waals surface area contributed by atoms with Gasteiger partial charge >= 0.3 is 0 Å². The third-order valence-corrected chi connectivity index (χ3v) is 8.00. The van der Waals surface area contributed by atoms with Crippen molar-refractivity contribution in [3.8, 4) is 0 Å². The molecule has 0 aliphatic carbocycles. The molecule has 29 heavy (non-hydrogen) atoms. The van der Waals surface area contributed by atoms with Crippen LogP contribution >= 0.6 is 11.3 Å². The van der Waals surface area contributed by atoms with Crippen LogP contribution in [0.5, 0.6) is 0 Å². The highest BCUT2D eigenvalue weighted by Crippen LogP contribution is 2.35. The molecular weight excluding hydrogens is 404 g/mol. The van der Waals surface area contributed by atoms with Crippen LogP contribution in [-0.2, 0) is 10.0 Å². The highest BCUT2D eigenvalue weighted by atomic mass is 32.2. The van der Waals surface area contributed by atoms with Crippen molar-refractivity contribution in [3.63, 3.8) is 0 Å². The summed E-state index contributed by atoms with van der Waals surface area (Å²) in [5.41, 5.74) is 0.970. The number of hydrogen-bond donors (Lipinski definition) is 0. The molecule has 1 aromatic heterocycles. The second kappa shape index (κ2) is 8.00. The van der Waals surface area contributed by atoms with E-state index < -0.39 is 10.0 Å². The molecule has 0 radical (unpaired) electrons. The summed E-state index contributed by atoms with van der Waals surface area (Å²) < 4.78 is 27.4. The maximum absolute atomic E-state index is 13.2. The fourth-order valence-electron chi connectivity index (χ4n) is 3.68. The van der Waals surface area contributed by atoms with Gasteiger partial charge in [0.05, 0.1) is 16.6 Å². The monoisotopic (exact) mass is 426 g/mol. The Kier molecular flexibility index (Phi) is 5.43. The predicted octanol–water partition coefficient (Wildman–Crippen LogP) is 4.55. The lowest BCUT2D eigenvalue weighted by Crippen LogP contribution is -2.31. The van der Waals surface area contributed by atoms with Crippen LogP contribution in [0.15, 0.2) is 77.0 Å². The minimum absolute atomic E-state index is 0.0646. The summed E-state index contributed by atoms with van der Waals surface area (Å²) in [6, 6.07) is 19.3. The van der Waals surface area contributed by atoms with Gasteiger partial charge in [-0.25, -0.2) is 8.42 Å². The molecule has 1 aliphatic heterocycles. The number of hydrogen-bond acceptors (Lipinski definition) is 4. The first-order valence-corrected chi connectivity index (χ1v) is 11.8. The highest BCUT2D eigenvalue weighted by molar-refractivity contribution is 7.92. The lowest BCUT2D eigenvalue weighted by Gasteiger charge is -2.24. The number of likely N-dealkylation sites (tertiary alicyclic amines) is 1. The van der Waals surface area contributed by atoms with Gasteiger partial charge in [0.1, 0.15) is 0 Å². The molecular formula is C22H22N2O3S2. The molecule has 1 fully saturated rings. The van der Waals surface area contributed by atoms with Crippen molar-refractivity contribution < 1.29 is 13.2 Å². The first kappa shape index (κ1) is 19.7. The zero-order chi connectivity index (χ0) is 20.4. The number of nitrogens with zero attached hydrogens (tertiary/aromatic N) is 2. The molecule has 150 valence electrons. The molecule has 1 saturated heterocycles. The minimum atomic E-state index is -3.76. The maximum atomic E-state index is 13.2. The van der Waals surface area contributed by atoms with Gasteiger partial charge in [-0.05, 0) is 54.6 Å². The normalized spacial score (nSPS) is 16.7. The van der Waals surface area contributed by atoms with Crippen LogP contribution in [0, 0.1) is 0 Å². The Labute approximate surface area is 175 Å². The van der Waals surface area contributed by atoms with E-state index >= 15 is 0 Å². The molecule has 4 rings (SSSR count). The van der Waals surface area contributed by atoms with E-state index in [1.165, 1.54) is 28.4 Å². The number of benzene rings is 2. The van der Waals surface area contributed by atoms with E-state index in [0.717, 1.165) is 12.8 Å². The lowest BCUT2D eigenvalue weighted by molar-refractivity contribution is 0.0737. The standard InChI is InChI=1S/C22H22N2O3S2/c1-23(18-9-3-2-4-10-18)29(26,27)19-11-5-8-17(16-19)22(25)24-14-6-12-20(24)21-13-7-15-28-21/h2-5,7-11,13,15-16,20H,6,12,14H2,1H3. The maximum Gasteiger partial charge on any atom is 0.264 e. The van der Waals surface area contributed by atoms with Crippen molar-refractivity contribution in [2.45, 2.75) is 23.8 Å². The van der Waals surface area contributed by atoms with Gasteiger partial charge in [0.15, 0.2) is 0 Å². The first-order chi connectivity index (χ1) is 14.0. The molecule has 1 aliphatic rings. The molecule has 1 amide bonds. The average molecular weight is 427 g/mol. The Morgan fingerprint density at radius 1 is 1.07 bits per heavy atom. The number of amides is 1. The highest BCUT2D eigenvalue weighted by Gasteiger charge is 2.32. The van der Waals surface area contributed by atoms with Crippen LogP contribution in [0.1, 0.15) is 34.1 Å². The Balaban J connectivity index is 1.62. The molecule has 2 heterocycles. The van der Waals surface area contributed by atoms with Crippen LogP contribution in [0.4, 0.5) is 5.69 Å². The van der Waals surface area contributed by atoms with E-state index in [9.17, 15) is 13.2 Å². The Hall–Kier alpha value is -2.64. The molecule has 3 aromatic rings. The quantitative estimate of drug-likeness (QED) is 0.601. The smallest absolute Gasteiger partial charge is 0.264 e. The van der Waals surface area contributed by atoms with Crippen molar-refractivity contribution in [1.82, 2.24) is 4.90 Å². The number of anilines is 1. The van der Waals surface area contributed by atoms with Gasteiger partial charge in [-0.15, -0.1) is 11.3 Å². The van der Waals surface area contributed by atoms with Gasteiger partial charge in [-0.2, -0.15) is 0 Å². The van der Waals surface area contributed by atoms with Crippen molar-refractivity contribution in [3.05, 3.63) is 82.6 Å². The van der Waals surface area contributed by atoms with Crippen LogP contribution in [0.25, 0.3) is 0 Å². The molecule has 0 N–H and O–H groups in total. The number of sulfonamides is 1. The first-order valence-electron chi connectivity index (χ1n) is 9.47. The Morgan fingerprint density at radius 2 is 1.86 bits per heavy atom. The summed E-state index contributed by atoms with van der Waals surface area (Å²) in [4.78, 5) is 16.3. The third-order valence-electron chi connectivity index (χ3n) is 5.24. The van der Waals surface area contributed by atoms with E-state index in [-0.39, 0.29) is 16.8 Å². The fraction of sp³-hybridized carbons (Fsp3) is 0.227. The van der Waals surface area contributed by atoms with E-state index in [0.29, 0.717) is 17.8 Å². The SMILES string of the molecule is CN(c1ccccc1)S(=O)(=O)c1cccc(C(=O)N2CCCC2c2cccs2)c1. The zero-order valence-corrected chi connectivity index (χ0v) is 17.7. The summed E-state index contributed by atoms with van der Waals surface area (Å²) >= 11 is 1.65. The average Bonchev–Trinajstić information content (AvgIpc) is 3.45. The predicted molar refractivity (Wildman–Crippen MR) is 116 cm³/mol. The van der Waals surface area contributed by atoms with Crippen LogP contribution < -0.4 is 4.31 Å². The van der Waals surface area contributed by atoms with Gasteiger partial charge in [0.2, 0.25) is 0 Å². The van der Waals surface area contributed by atoms with E-state index in [2.05, 4.69) is 6.07 Å². The van der Waals surface area contributed by atoms with Crippen LogP contribution in [0.2, 0.25) is 0 Å². The number of thiophene rings is 1. The summed E-state index contributed by atoms with van der Waals surface area (Å²) in [5.74, 6) is -0.125. The molecule has 0 spiro atoms. The summed E-state index contributed by atoms with van der Waals surface area (Å²) in [6.07, 6.45) is 1.88.